The summed E-state index contributed by atoms with van der Waals surface area (Å²) in [4.78, 5) is 6.77. The second-order valence-corrected chi connectivity index (χ2v) is 4.34. The largest absolute Gasteiger partial charge is 0.363 e. The highest BCUT2D eigenvalue weighted by atomic mass is 15.1. The Balaban J connectivity index is 3.07. The lowest BCUT2D eigenvalue weighted by molar-refractivity contribution is 0.622. The van der Waals surface area contributed by atoms with Crippen LogP contribution in [0.5, 0.6) is 0 Å². The van der Waals surface area contributed by atoms with Gasteiger partial charge in [-0.05, 0) is 37.5 Å². The van der Waals surface area contributed by atoms with Crippen molar-refractivity contribution in [3.63, 3.8) is 0 Å². The molecule has 0 radical (unpaired) electrons. The van der Waals surface area contributed by atoms with Gasteiger partial charge in [-0.3, -0.25) is 0 Å². The molecule has 1 heterocycles. The minimum absolute atomic E-state index is 0.601. The van der Waals surface area contributed by atoms with Gasteiger partial charge in [0.2, 0.25) is 0 Å². The summed E-state index contributed by atoms with van der Waals surface area (Å²) in [6.07, 6.45) is 2.33. The number of aryl methyl sites for hydroxylation is 1. The van der Waals surface area contributed by atoms with Crippen molar-refractivity contribution < 1.29 is 0 Å². The first-order chi connectivity index (χ1) is 7.08. The predicted octanol–water partition coefficient (Wildman–Crippen LogP) is 3.36. The maximum absolute atomic E-state index is 4.70. The van der Waals surface area contributed by atoms with E-state index in [4.69, 9.17) is 4.98 Å². The fourth-order valence-corrected chi connectivity index (χ4v) is 1.82. The van der Waals surface area contributed by atoms with Gasteiger partial charge in [-0.25, -0.2) is 4.98 Å². The molecule has 0 spiro atoms. The summed E-state index contributed by atoms with van der Waals surface area (Å²) in [5.41, 5.74) is 2.54. The van der Waals surface area contributed by atoms with Gasteiger partial charge in [0, 0.05) is 25.7 Å². The number of hydrogen-bond donors (Lipinski definition) is 0. The molecule has 0 aliphatic rings. The van der Waals surface area contributed by atoms with Crippen molar-refractivity contribution in [2.75, 3.05) is 19.0 Å². The molecule has 1 aromatic rings. The zero-order valence-electron chi connectivity index (χ0n) is 10.5. The number of pyridine rings is 1. The van der Waals surface area contributed by atoms with Gasteiger partial charge in [-0.15, -0.1) is 0 Å². The summed E-state index contributed by atoms with van der Waals surface area (Å²) in [7, 11) is 4.08. The Kier molecular flexibility index (Phi) is 4.13. The third-order valence-corrected chi connectivity index (χ3v) is 2.84. The first-order valence-corrected chi connectivity index (χ1v) is 5.74. The van der Waals surface area contributed by atoms with E-state index < -0.39 is 0 Å². The summed E-state index contributed by atoms with van der Waals surface area (Å²) >= 11 is 0. The van der Waals surface area contributed by atoms with Crippen LogP contribution in [0.3, 0.4) is 0 Å². The smallest absolute Gasteiger partial charge is 0.128 e. The Morgan fingerprint density at radius 2 is 1.80 bits per heavy atom. The third-order valence-electron chi connectivity index (χ3n) is 2.84. The second kappa shape index (κ2) is 5.15. The normalized spacial score (nSPS) is 10.8. The molecular weight excluding hydrogens is 184 g/mol. The molecule has 15 heavy (non-hydrogen) atoms. The molecule has 0 amide bonds. The molecule has 0 unspecified atom stereocenters. The lowest BCUT2D eigenvalue weighted by Gasteiger charge is -2.17. The van der Waals surface area contributed by atoms with Crippen LogP contribution in [0.15, 0.2) is 12.1 Å². The number of nitrogens with zero attached hydrogens (tertiary/aromatic N) is 2. The summed E-state index contributed by atoms with van der Waals surface area (Å²) in [5, 5.41) is 0. The molecule has 0 aromatic carbocycles. The van der Waals surface area contributed by atoms with Gasteiger partial charge in [-0.1, -0.05) is 13.8 Å². The highest BCUT2D eigenvalue weighted by molar-refractivity contribution is 5.41. The van der Waals surface area contributed by atoms with Crippen molar-refractivity contribution in [1.29, 1.82) is 0 Å². The zero-order chi connectivity index (χ0) is 11.4. The van der Waals surface area contributed by atoms with E-state index in [0.29, 0.717) is 5.92 Å². The predicted molar refractivity (Wildman–Crippen MR) is 66.6 cm³/mol. The van der Waals surface area contributed by atoms with E-state index in [2.05, 4.69) is 37.8 Å². The molecule has 84 valence electrons. The van der Waals surface area contributed by atoms with E-state index in [-0.39, 0.29) is 0 Å². The zero-order valence-corrected chi connectivity index (χ0v) is 10.5. The molecule has 0 fully saturated rings. The van der Waals surface area contributed by atoms with Crippen LogP contribution in [0, 0.1) is 6.92 Å². The van der Waals surface area contributed by atoms with Crippen molar-refractivity contribution >= 4 is 5.82 Å². The van der Waals surface area contributed by atoms with Crippen molar-refractivity contribution in [2.24, 2.45) is 0 Å². The van der Waals surface area contributed by atoms with E-state index in [0.717, 1.165) is 5.82 Å². The molecule has 2 nitrogen and oxygen atoms in total. The maximum atomic E-state index is 4.70. The molecule has 0 N–H and O–H groups in total. The molecule has 0 atom stereocenters. The molecule has 0 saturated heterocycles. The topological polar surface area (TPSA) is 16.1 Å². The van der Waals surface area contributed by atoms with Crippen molar-refractivity contribution in [2.45, 2.75) is 39.5 Å². The average molecular weight is 206 g/mol. The summed E-state index contributed by atoms with van der Waals surface area (Å²) in [6.45, 7) is 6.60. The van der Waals surface area contributed by atoms with Gasteiger partial charge in [0.25, 0.3) is 0 Å². The highest BCUT2D eigenvalue weighted by Gasteiger charge is 2.10. The first-order valence-electron chi connectivity index (χ1n) is 5.74. The molecule has 0 aliphatic heterocycles. The monoisotopic (exact) mass is 206 g/mol. The van der Waals surface area contributed by atoms with E-state index in [1.807, 2.05) is 14.1 Å². The Hall–Kier alpha value is -1.05. The third kappa shape index (κ3) is 2.95. The number of anilines is 1. The molecule has 2 heteroatoms. The molecular formula is C13H22N2. The van der Waals surface area contributed by atoms with Gasteiger partial charge >= 0.3 is 0 Å². The van der Waals surface area contributed by atoms with Gasteiger partial charge in [0.05, 0.1) is 0 Å². The van der Waals surface area contributed by atoms with Crippen molar-refractivity contribution in [3.05, 3.63) is 23.4 Å². The molecule has 0 saturated carbocycles. The summed E-state index contributed by atoms with van der Waals surface area (Å²) in [5.74, 6) is 1.67. The Morgan fingerprint density at radius 3 is 2.27 bits per heavy atom. The van der Waals surface area contributed by atoms with Gasteiger partial charge in [0.15, 0.2) is 0 Å². The van der Waals surface area contributed by atoms with Crippen LogP contribution in [0.2, 0.25) is 0 Å². The minimum Gasteiger partial charge on any atom is -0.363 e. The quantitative estimate of drug-likeness (QED) is 0.751. The standard InChI is InChI=1S/C13H22N2/c1-6-11(7-2)12-8-10(3)9-13(14-12)15(4)5/h8-9,11H,6-7H2,1-5H3. The lowest BCUT2D eigenvalue weighted by atomic mass is 9.98. The summed E-state index contributed by atoms with van der Waals surface area (Å²) in [6, 6.07) is 4.34. The van der Waals surface area contributed by atoms with Crippen LogP contribution in [-0.2, 0) is 0 Å². The first kappa shape index (κ1) is 12.0. The number of rotatable bonds is 4. The van der Waals surface area contributed by atoms with Crippen LogP contribution in [0.4, 0.5) is 5.82 Å². The van der Waals surface area contributed by atoms with E-state index in [1.165, 1.54) is 24.1 Å². The van der Waals surface area contributed by atoms with E-state index in [1.54, 1.807) is 0 Å². The minimum atomic E-state index is 0.601. The van der Waals surface area contributed by atoms with Gasteiger partial charge < -0.3 is 4.90 Å². The molecule has 0 aliphatic carbocycles. The van der Waals surface area contributed by atoms with Crippen LogP contribution >= 0.6 is 0 Å². The highest BCUT2D eigenvalue weighted by Crippen LogP contribution is 2.24. The lowest BCUT2D eigenvalue weighted by Crippen LogP contribution is -2.12. The van der Waals surface area contributed by atoms with Gasteiger partial charge in [0.1, 0.15) is 5.82 Å². The summed E-state index contributed by atoms with van der Waals surface area (Å²) < 4.78 is 0. The Morgan fingerprint density at radius 1 is 1.20 bits per heavy atom. The maximum Gasteiger partial charge on any atom is 0.128 e. The number of hydrogen-bond acceptors (Lipinski definition) is 2. The molecule has 1 aromatic heterocycles. The molecule has 0 bridgehead atoms. The Bertz CT molecular complexity index is 314. The molecule has 1 rings (SSSR count). The van der Waals surface area contributed by atoms with E-state index in [9.17, 15) is 0 Å². The second-order valence-electron chi connectivity index (χ2n) is 4.34. The van der Waals surface area contributed by atoms with Crippen molar-refractivity contribution in [3.8, 4) is 0 Å². The fourth-order valence-electron chi connectivity index (χ4n) is 1.82. The van der Waals surface area contributed by atoms with E-state index >= 15 is 0 Å². The number of aromatic nitrogens is 1. The van der Waals surface area contributed by atoms with Crippen LogP contribution in [0.1, 0.15) is 43.9 Å². The fraction of sp³-hybridized carbons (Fsp3) is 0.615. The van der Waals surface area contributed by atoms with Crippen molar-refractivity contribution in [1.82, 2.24) is 4.98 Å². The SMILES string of the molecule is CCC(CC)c1cc(C)cc(N(C)C)n1. The van der Waals surface area contributed by atoms with Crippen LogP contribution < -0.4 is 4.90 Å². The van der Waals surface area contributed by atoms with Crippen LogP contribution in [-0.4, -0.2) is 19.1 Å². The average Bonchev–Trinajstić information content (AvgIpc) is 2.18. The van der Waals surface area contributed by atoms with Crippen LogP contribution in [0.25, 0.3) is 0 Å². The van der Waals surface area contributed by atoms with Gasteiger partial charge in [-0.2, -0.15) is 0 Å². The Labute approximate surface area is 93.3 Å².